The molecule has 1 saturated heterocycles. The summed E-state index contributed by atoms with van der Waals surface area (Å²) in [5, 5.41) is 14.4. The Bertz CT molecular complexity index is 423. The Kier molecular flexibility index (Phi) is 4.59. The van der Waals surface area contributed by atoms with Crippen LogP contribution in [0.4, 0.5) is 4.79 Å². The zero-order chi connectivity index (χ0) is 15.6. The van der Waals surface area contributed by atoms with Gasteiger partial charge in [0.15, 0.2) is 0 Å². The summed E-state index contributed by atoms with van der Waals surface area (Å²) in [6.45, 7) is 4.99. The van der Waals surface area contributed by atoms with Gasteiger partial charge in [-0.25, -0.2) is 4.79 Å². The number of aliphatic carboxylic acids is 1. The molecule has 0 saturated carbocycles. The van der Waals surface area contributed by atoms with Crippen molar-refractivity contribution in [2.24, 2.45) is 11.1 Å². The molecule has 8 nitrogen and oxygen atoms in total. The lowest BCUT2D eigenvalue weighted by molar-refractivity contribution is -0.148. The molecule has 8 heteroatoms. The number of hydrogen-bond acceptors (Lipinski definition) is 4. The Morgan fingerprint density at radius 1 is 1.45 bits per heavy atom. The van der Waals surface area contributed by atoms with E-state index in [-0.39, 0.29) is 19.6 Å². The Labute approximate surface area is 117 Å². The third-order valence-corrected chi connectivity index (χ3v) is 3.32. The van der Waals surface area contributed by atoms with Crippen LogP contribution in [0.5, 0.6) is 0 Å². The van der Waals surface area contributed by atoms with E-state index in [9.17, 15) is 19.5 Å². The molecule has 114 valence electrons. The normalized spacial score (nSPS) is 26.1. The number of ether oxygens (including phenoxy) is 1. The van der Waals surface area contributed by atoms with Crippen molar-refractivity contribution in [3.05, 3.63) is 0 Å². The van der Waals surface area contributed by atoms with E-state index in [2.05, 4.69) is 10.6 Å². The Hall–Kier alpha value is -1.83. The zero-order valence-corrected chi connectivity index (χ0v) is 11.9. The minimum Gasteiger partial charge on any atom is -0.481 e. The van der Waals surface area contributed by atoms with Gasteiger partial charge in [-0.15, -0.1) is 0 Å². The largest absolute Gasteiger partial charge is 0.481 e. The number of carboxylic acid groups (broad SMARTS) is 1. The Morgan fingerprint density at radius 2 is 2.05 bits per heavy atom. The van der Waals surface area contributed by atoms with E-state index in [1.807, 2.05) is 0 Å². The highest BCUT2D eigenvalue weighted by atomic mass is 16.5. The number of carboxylic acids is 1. The van der Waals surface area contributed by atoms with Crippen LogP contribution in [0.3, 0.4) is 0 Å². The fourth-order valence-corrected chi connectivity index (χ4v) is 2.07. The molecule has 2 atom stereocenters. The van der Waals surface area contributed by atoms with E-state index in [1.165, 1.54) is 6.92 Å². The fourth-order valence-electron chi connectivity index (χ4n) is 2.07. The highest BCUT2D eigenvalue weighted by Crippen LogP contribution is 2.28. The maximum absolute atomic E-state index is 11.9. The molecule has 3 amide bonds. The van der Waals surface area contributed by atoms with Crippen molar-refractivity contribution in [2.75, 3.05) is 13.2 Å². The van der Waals surface area contributed by atoms with Gasteiger partial charge in [0.2, 0.25) is 5.91 Å². The highest BCUT2D eigenvalue weighted by molar-refractivity contribution is 5.81. The predicted molar refractivity (Wildman–Crippen MR) is 69.9 cm³/mol. The van der Waals surface area contributed by atoms with E-state index in [1.54, 1.807) is 13.8 Å². The van der Waals surface area contributed by atoms with Gasteiger partial charge in [-0.1, -0.05) is 0 Å². The second-order valence-corrected chi connectivity index (χ2v) is 5.92. The van der Waals surface area contributed by atoms with Gasteiger partial charge in [-0.05, 0) is 20.8 Å². The lowest BCUT2D eigenvalue weighted by Crippen LogP contribution is -2.56. The van der Waals surface area contributed by atoms with Crippen LogP contribution in [-0.4, -0.2) is 47.8 Å². The van der Waals surface area contributed by atoms with Gasteiger partial charge in [0.1, 0.15) is 5.41 Å². The molecule has 1 aliphatic heterocycles. The maximum atomic E-state index is 11.9. The SMILES string of the molecule is CC(C)(CC(N)=O)NC(=O)NC1COCC1(C)C(=O)O. The Morgan fingerprint density at radius 3 is 2.55 bits per heavy atom. The first-order valence-corrected chi connectivity index (χ1v) is 6.25. The highest BCUT2D eigenvalue weighted by Gasteiger charge is 2.47. The molecular formula is C12H21N3O5. The summed E-state index contributed by atoms with van der Waals surface area (Å²) in [6.07, 6.45) is -0.0161. The van der Waals surface area contributed by atoms with E-state index in [0.29, 0.717) is 0 Å². The van der Waals surface area contributed by atoms with Crippen molar-refractivity contribution < 1.29 is 24.2 Å². The van der Waals surface area contributed by atoms with E-state index < -0.39 is 34.9 Å². The molecule has 2 unspecified atom stereocenters. The first-order chi connectivity index (χ1) is 9.07. The summed E-state index contributed by atoms with van der Waals surface area (Å²) in [4.78, 5) is 34.0. The average Bonchev–Trinajstić information content (AvgIpc) is 2.58. The molecule has 0 aliphatic carbocycles. The Balaban J connectivity index is 2.63. The quantitative estimate of drug-likeness (QED) is 0.538. The number of primary amides is 1. The van der Waals surface area contributed by atoms with Crippen molar-refractivity contribution in [2.45, 2.75) is 38.8 Å². The molecule has 0 aromatic rings. The molecule has 1 heterocycles. The number of rotatable bonds is 5. The van der Waals surface area contributed by atoms with Gasteiger partial charge in [0, 0.05) is 12.0 Å². The summed E-state index contributed by atoms with van der Waals surface area (Å²) in [6, 6.07) is -1.19. The maximum Gasteiger partial charge on any atom is 0.315 e. The summed E-state index contributed by atoms with van der Waals surface area (Å²) in [5.41, 5.74) is 3.12. The van der Waals surface area contributed by atoms with Gasteiger partial charge < -0.3 is 26.2 Å². The number of nitrogens with one attached hydrogen (secondary N) is 2. The first kappa shape index (κ1) is 16.2. The first-order valence-electron chi connectivity index (χ1n) is 6.25. The van der Waals surface area contributed by atoms with Crippen LogP contribution >= 0.6 is 0 Å². The van der Waals surface area contributed by atoms with Crippen LogP contribution in [0.25, 0.3) is 0 Å². The molecule has 1 rings (SSSR count). The van der Waals surface area contributed by atoms with Crippen LogP contribution in [0.1, 0.15) is 27.2 Å². The zero-order valence-electron chi connectivity index (χ0n) is 11.9. The molecule has 0 spiro atoms. The monoisotopic (exact) mass is 287 g/mol. The second-order valence-electron chi connectivity index (χ2n) is 5.92. The number of carbonyl (C=O) groups is 3. The summed E-state index contributed by atoms with van der Waals surface area (Å²) < 4.78 is 5.13. The number of carbonyl (C=O) groups excluding carboxylic acids is 2. The van der Waals surface area contributed by atoms with Crippen LogP contribution < -0.4 is 16.4 Å². The van der Waals surface area contributed by atoms with Crippen molar-refractivity contribution in [3.63, 3.8) is 0 Å². The summed E-state index contributed by atoms with van der Waals surface area (Å²) in [5.74, 6) is -1.56. The van der Waals surface area contributed by atoms with Gasteiger partial charge >= 0.3 is 12.0 Å². The third-order valence-electron chi connectivity index (χ3n) is 3.32. The predicted octanol–water partition coefficient (Wildman–Crippen LogP) is -0.571. The standard InChI is InChI=1S/C12H21N3O5/c1-11(2,4-8(13)16)15-10(19)14-7-5-20-6-12(7,3)9(17)18/h7H,4-6H2,1-3H3,(H2,13,16)(H,17,18)(H2,14,15,19). The van der Waals surface area contributed by atoms with Crippen molar-refractivity contribution >= 4 is 17.9 Å². The molecule has 0 radical (unpaired) electrons. The summed E-state index contributed by atoms with van der Waals surface area (Å²) in [7, 11) is 0. The van der Waals surface area contributed by atoms with Crippen LogP contribution in [-0.2, 0) is 14.3 Å². The molecule has 1 fully saturated rings. The lowest BCUT2D eigenvalue weighted by atomic mass is 9.85. The average molecular weight is 287 g/mol. The second kappa shape index (κ2) is 5.66. The van der Waals surface area contributed by atoms with Crippen molar-refractivity contribution in [1.29, 1.82) is 0 Å². The lowest BCUT2D eigenvalue weighted by Gasteiger charge is -2.29. The minimum absolute atomic E-state index is 0.0161. The molecule has 1 aliphatic rings. The van der Waals surface area contributed by atoms with E-state index in [0.717, 1.165) is 0 Å². The van der Waals surface area contributed by atoms with Crippen LogP contribution in [0.2, 0.25) is 0 Å². The number of nitrogens with two attached hydrogens (primary N) is 1. The number of amides is 3. The van der Waals surface area contributed by atoms with E-state index >= 15 is 0 Å². The number of hydrogen-bond donors (Lipinski definition) is 4. The molecular weight excluding hydrogens is 266 g/mol. The third kappa shape index (κ3) is 3.83. The van der Waals surface area contributed by atoms with Gasteiger partial charge in [0.25, 0.3) is 0 Å². The van der Waals surface area contributed by atoms with Gasteiger partial charge in [-0.3, -0.25) is 9.59 Å². The van der Waals surface area contributed by atoms with Crippen molar-refractivity contribution in [3.8, 4) is 0 Å². The van der Waals surface area contributed by atoms with Crippen molar-refractivity contribution in [1.82, 2.24) is 10.6 Å². The fraction of sp³-hybridized carbons (Fsp3) is 0.750. The molecule has 0 aromatic carbocycles. The van der Waals surface area contributed by atoms with Crippen LogP contribution in [0.15, 0.2) is 0 Å². The molecule has 5 N–H and O–H groups in total. The van der Waals surface area contributed by atoms with Gasteiger partial charge in [-0.2, -0.15) is 0 Å². The van der Waals surface area contributed by atoms with E-state index in [4.69, 9.17) is 10.5 Å². The molecule has 0 bridgehead atoms. The number of urea groups is 1. The summed E-state index contributed by atoms with van der Waals surface area (Å²) >= 11 is 0. The minimum atomic E-state index is -1.16. The van der Waals surface area contributed by atoms with Gasteiger partial charge in [0.05, 0.1) is 19.3 Å². The van der Waals surface area contributed by atoms with Crippen LogP contribution in [0, 0.1) is 5.41 Å². The molecule has 20 heavy (non-hydrogen) atoms. The smallest absolute Gasteiger partial charge is 0.315 e. The molecule has 0 aromatic heterocycles. The topological polar surface area (TPSA) is 131 Å².